The largest absolute Gasteiger partial charge is 0.294 e. The van der Waals surface area contributed by atoms with Gasteiger partial charge in [-0.15, -0.1) is 0 Å². The molecule has 1 aliphatic carbocycles. The molecule has 1 fully saturated rings. The summed E-state index contributed by atoms with van der Waals surface area (Å²) in [5.74, 6) is -0.854. The maximum atomic E-state index is 13.2. The van der Waals surface area contributed by atoms with Crippen molar-refractivity contribution >= 4 is 5.78 Å². The lowest BCUT2D eigenvalue weighted by molar-refractivity contribution is 0.0992. The molecule has 0 radical (unpaired) electrons. The van der Waals surface area contributed by atoms with Gasteiger partial charge in [0.25, 0.3) is 0 Å². The molecule has 1 aliphatic rings. The van der Waals surface area contributed by atoms with E-state index in [9.17, 15) is 13.6 Å². The van der Waals surface area contributed by atoms with Crippen LogP contribution in [-0.2, 0) is 6.42 Å². The Hall–Kier alpha value is -2.03. The molecule has 0 N–H and O–H groups in total. The highest BCUT2D eigenvalue weighted by Gasteiger charge is 2.20. The molecule has 3 rings (SSSR count). The minimum Gasteiger partial charge on any atom is -0.294 e. The number of Topliss-reactive ketones (excluding diaryl/α,β-unsaturated/α-hetero) is 1. The second-order valence-corrected chi connectivity index (χ2v) is 5.63. The molecule has 2 aromatic rings. The molecule has 2 aromatic carbocycles. The molecule has 0 bridgehead atoms. The van der Waals surface area contributed by atoms with Crippen LogP contribution in [0.25, 0.3) is 0 Å². The summed E-state index contributed by atoms with van der Waals surface area (Å²) in [6, 6.07) is 10.8. The molecule has 21 heavy (non-hydrogen) atoms. The van der Waals surface area contributed by atoms with Crippen LogP contribution in [0.5, 0.6) is 0 Å². The average molecular weight is 286 g/mol. The highest BCUT2D eigenvalue weighted by Crippen LogP contribution is 2.36. The molecule has 0 unspecified atom stereocenters. The fourth-order valence-electron chi connectivity index (χ4n) is 2.71. The fraction of sp³-hybridized carbons (Fsp3) is 0.278. The third-order valence-electron chi connectivity index (χ3n) is 4.07. The topological polar surface area (TPSA) is 17.1 Å². The van der Waals surface area contributed by atoms with E-state index in [0.717, 1.165) is 6.07 Å². The zero-order valence-corrected chi connectivity index (χ0v) is 11.6. The van der Waals surface area contributed by atoms with Crippen molar-refractivity contribution in [1.29, 1.82) is 0 Å². The average Bonchev–Trinajstić information content (AvgIpc) is 2.35. The van der Waals surface area contributed by atoms with Gasteiger partial charge in [-0.2, -0.15) is 0 Å². The first-order chi connectivity index (χ1) is 10.1. The smallest absolute Gasteiger partial charge is 0.167 e. The van der Waals surface area contributed by atoms with Gasteiger partial charge >= 0.3 is 0 Å². The third kappa shape index (κ3) is 3.18. The summed E-state index contributed by atoms with van der Waals surface area (Å²) >= 11 is 0. The van der Waals surface area contributed by atoms with Gasteiger partial charge in [0.15, 0.2) is 5.78 Å². The number of carbonyl (C=O) groups excluding carboxylic acids is 1. The molecule has 1 saturated carbocycles. The molecule has 3 heteroatoms. The van der Waals surface area contributed by atoms with E-state index in [2.05, 4.69) is 0 Å². The van der Waals surface area contributed by atoms with Crippen LogP contribution in [0.4, 0.5) is 8.78 Å². The van der Waals surface area contributed by atoms with Crippen LogP contribution in [0.3, 0.4) is 0 Å². The van der Waals surface area contributed by atoms with E-state index < -0.39 is 11.6 Å². The van der Waals surface area contributed by atoms with E-state index >= 15 is 0 Å². The molecule has 0 heterocycles. The standard InChI is InChI=1S/C18H16F2O/c19-16-7-12(8-17(20)11-16)9-18(21)15-6-2-5-14(10-15)13-3-1-4-13/h2,5-8,10-11,13H,1,3-4,9H2. The first kappa shape index (κ1) is 13.9. The predicted octanol–water partition coefficient (Wildman–Crippen LogP) is 4.66. The lowest BCUT2D eigenvalue weighted by atomic mass is 9.79. The normalized spacial score (nSPS) is 14.8. The Labute approximate surface area is 122 Å². The van der Waals surface area contributed by atoms with Crippen molar-refractivity contribution < 1.29 is 13.6 Å². The maximum absolute atomic E-state index is 13.2. The van der Waals surface area contributed by atoms with Crippen molar-refractivity contribution in [2.45, 2.75) is 31.6 Å². The molecule has 0 amide bonds. The van der Waals surface area contributed by atoms with Gasteiger partial charge < -0.3 is 0 Å². The minimum atomic E-state index is -0.652. The van der Waals surface area contributed by atoms with Crippen molar-refractivity contribution in [3.63, 3.8) is 0 Å². The van der Waals surface area contributed by atoms with E-state index in [4.69, 9.17) is 0 Å². The Bertz CT molecular complexity index is 654. The number of halogens is 2. The second kappa shape index (κ2) is 5.76. The lowest BCUT2D eigenvalue weighted by Crippen LogP contribution is -2.10. The molecule has 0 spiro atoms. The summed E-state index contributed by atoms with van der Waals surface area (Å²) < 4.78 is 26.3. The maximum Gasteiger partial charge on any atom is 0.167 e. The molecule has 1 nitrogen and oxygen atoms in total. The zero-order valence-electron chi connectivity index (χ0n) is 11.6. The highest BCUT2D eigenvalue weighted by atomic mass is 19.1. The molecule has 0 aromatic heterocycles. The number of rotatable bonds is 4. The summed E-state index contributed by atoms with van der Waals surface area (Å²) in [6.45, 7) is 0. The van der Waals surface area contributed by atoms with Crippen LogP contribution >= 0.6 is 0 Å². The Balaban J connectivity index is 1.78. The molecule has 0 saturated heterocycles. The van der Waals surface area contributed by atoms with Gasteiger partial charge in [0.2, 0.25) is 0 Å². The predicted molar refractivity (Wildman–Crippen MR) is 77.4 cm³/mol. The summed E-state index contributed by atoms with van der Waals surface area (Å²) in [4.78, 5) is 12.3. The summed E-state index contributed by atoms with van der Waals surface area (Å²) in [5, 5.41) is 0. The van der Waals surface area contributed by atoms with Gasteiger partial charge in [-0.1, -0.05) is 24.6 Å². The van der Waals surface area contributed by atoms with Gasteiger partial charge in [0.1, 0.15) is 11.6 Å². The van der Waals surface area contributed by atoms with Gasteiger partial charge in [-0.05, 0) is 48.1 Å². The Morgan fingerprint density at radius 1 is 1.05 bits per heavy atom. The van der Waals surface area contributed by atoms with E-state index in [1.165, 1.54) is 37.0 Å². The Morgan fingerprint density at radius 3 is 2.38 bits per heavy atom. The number of benzene rings is 2. The second-order valence-electron chi connectivity index (χ2n) is 5.63. The fourth-order valence-corrected chi connectivity index (χ4v) is 2.71. The first-order valence-electron chi connectivity index (χ1n) is 7.20. The Morgan fingerprint density at radius 2 is 1.76 bits per heavy atom. The van der Waals surface area contributed by atoms with Gasteiger partial charge in [0.05, 0.1) is 0 Å². The minimum absolute atomic E-state index is 0.0167. The van der Waals surface area contributed by atoms with Crippen LogP contribution in [-0.4, -0.2) is 5.78 Å². The zero-order chi connectivity index (χ0) is 14.8. The SMILES string of the molecule is O=C(Cc1cc(F)cc(F)c1)c1cccc(C2CCC2)c1. The van der Waals surface area contributed by atoms with Crippen LogP contribution in [0.2, 0.25) is 0 Å². The molecule has 0 atom stereocenters. The molecule has 108 valence electrons. The number of hydrogen-bond acceptors (Lipinski definition) is 1. The van der Waals surface area contributed by atoms with Crippen LogP contribution in [0.1, 0.15) is 46.7 Å². The highest BCUT2D eigenvalue weighted by molar-refractivity contribution is 5.97. The van der Waals surface area contributed by atoms with E-state index in [1.54, 1.807) is 6.07 Å². The Kier molecular flexibility index (Phi) is 3.82. The number of hydrogen-bond donors (Lipinski definition) is 0. The van der Waals surface area contributed by atoms with E-state index in [-0.39, 0.29) is 12.2 Å². The molecular formula is C18H16F2O. The van der Waals surface area contributed by atoms with E-state index in [1.807, 2.05) is 18.2 Å². The molecular weight excluding hydrogens is 270 g/mol. The lowest BCUT2D eigenvalue weighted by Gasteiger charge is -2.26. The summed E-state index contributed by atoms with van der Waals surface area (Å²) in [6.07, 6.45) is 3.60. The van der Waals surface area contributed by atoms with Crippen LogP contribution in [0.15, 0.2) is 42.5 Å². The van der Waals surface area contributed by atoms with Crippen molar-refractivity contribution in [3.05, 3.63) is 70.8 Å². The van der Waals surface area contributed by atoms with Crippen molar-refractivity contribution in [2.24, 2.45) is 0 Å². The van der Waals surface area contributed by atoms with Gasteiger partial charge in [-0.3, -0.25) is 4.79 Å². The van der Waals surface area contributed by atoms with Crippen LogP contribution < -0.4 is 0 Å². The van der Waals surface area contributed by atoms with Crippen molar-refractivity contribution in [3.8, 4) is 0 Å². The molecule has 0 aliphatic heterocycles. The monoisotopic (exact) mass is 286 g/mol. The number of carbonyl (C=O) groups is 1. The van der Waals surface area contributed by atoms with Crippen molar-refractivity contribution in [2.75, 3.05) is 0 Å². The summed E-state index contributed by atoms with van der Waals surface area (Å²) in [7, 11) is 0. The van der Waals surface area contributed by atoms with Crippen LogP contribution in [0, 0.1) is 11.6 Å². The number of ketones is 1. The third-order valence-corrected chi connectivity index (χ3v) is 4.07. The van der Waals surface area contributed by atoms with Gasteiger partial charge in [0, 0.05) is 18.1 Å². The summed E-state index contributed by atoms with van der Waals surface area (Å²) in [5.41, 5.74) is 2.17. The van der Waals surface area contributed by atoms with E-state index in [0.29, 0.717) is 17.0 Å². The van der Waals surface area contributed by atoms with Crippen molar-refractivity contribution in [1.82, 2.24) is 0 Å². The first-order valence-corrected chi connectivity index (χ1v) is 7.20. The van der Waals surface area contributed by atoms with Gasteiger partial charge in [-0.25, -0.2) is 8.78 Å². The quantitative estimate of drug-likeness (QED) is 0.747.